The SMILES string of the molecule is CCOC(=O)c1ccccc1/C=C/c1ccncc1. The lowest BCUT2D eigenvalue weighted by molar-refractivity contribution is 0.0526. The second kappa shape index (κ2) is 6.50. The molecule has 1 aromatic carbocycles. The quantitative estimate of drug-likeness (QED) is 0.784. The van der Waals surface area contributed by atoms with E-state index < -0.39 is 0 Å². The number of hydrogen-bond acceptors (Lipinski definition) is 3. The third-order valence-corrected chi connectivity index (χ3v) is 2.62. The topological polar surface area (TPSA) is 39.2 Å². The van der Waals surface area contributed by atoms with Crippen molar-refractivity contribution in [2.45, 2.75) is 6.92 Å². The molecule has 0 amide bonds. The van der Waals surface area contributed by atoms with Crippen molar-refractivity contribution in [2.75, 3.05) is 6.61 Å². The van der Waals surface area contributed by atoms with E-state index in [9.17, 15) is 4.79 Å². The molecule has 0 aliphatic rings. The molecule has 0 N–H and O–H groups in total. The van der Waals surface area contributed by atoms with Crippen LogP contribution in [0.5, 0.6) is 0 Å². The number of hydrogen-bond donors (Lipinski definition) is 0. The number of aromatic nitrogens is 1. The molecule has 3 heteroatoms. The standard InChI is InChI=1S/C16H15NO2/c1-2-19-16(18)15-6-4-3-5-14(15)8-7-13-9-11-17-12-10-13/h3-12H,2H2,1H3/b8-7+. The highest BCUT2D eigenvalue weighted by atomic mass is 16.5. The Morgan fingerprint density at radius 1 is 1.16 bits per heavy atom. The van der Waals surface area contributed by atoms with Crippen molar-refractivity contribution >= 4 is 18.1 Å². The second-order valence-corrected chi connectivity index (χ2v) is 3.92. The minimum absolute atomic E-state index is 0.294. The van der Waals surface area contributed by atoms with Crippen LogP contribution in [0, 0.1) is 0 Å². The van der Waals surface area contributed by atoms with Crippen molar-refractivity contribution in [3.63, 3.8) is 0 Å². The maximum absolute atomic E-state index is 11.8. The predicted octanol–water partition coefficient (Wildman–Crippen LogP) is 3.43. The Morgan fingerprint density at radius 3 is 2.63 bits per heavy atom. The molecule has 0 fully saturated rings. The van der Waals surface area contributed by atoms with E-state index in [1.807, 2.05) is 42.5 Å². The van der Waals surface area contributed by atoms with Crippen molar-refractivity contribution in [1.29, 1.82) is 0 Å². The molecule has 0 aliphatic heterocycles. The molecular weight excluding hydrogens is 238 g/mol. The average Bonchev–Trinajstić information content (AvgIpc) is 2.47. The Labute approximate surface area is 112 Å². The van der Waals surface area contributed by atoms with Crippen LogP contribution in [0.1, 0.15) is 28.4 Å². The summed E-state index contributed by atoms with van der Waals surface area (Å²) in [5.74, 6) is -0.294. The van der Waals surface area contributed by atoms with Gasteiger partial charge in [0.15, 0.2) is 0 Å². The number of pyridine rings is 1. The lowest BCUT2D eigenvalue weighted by atomic mass is 10.1. The molecule has 1 heterocycles. The summed E-state index contributed by atoms with van der Waals surface area (Å²) in [6, 6.07) is 11.2. The van der Waals surface area contributed by atoms with Gasteiger partial charge in [0.1, 0.15) is 0 Å². The van der Waals surface area contributed by atoms with Crippen LogP contribution in [0.15, 0.2) is 48.8 Å². The number of ether oxygens (including phenoxy) is 1. The van der Waals surface area contributed by atoms with E-state index in [-0.39, 0.29) is 5.97 Å². The van der Waals surface area contributed by atoms with Crippen LogP contribution in [0.25, 0.3) is 12.2 Å². The first-order valence-electron chi connectivity index (χ1n) is 6.15. The molecule has 0 saturated carbocycles. The van der Waals surface area contributed by atoms with Gasteiger partial charge in [0.25, 0.3) is 0 Å². The fourth-order valence-corrected chi connectivity index (χ4v) is 1.70. The highest BCUT2D eigenvalue weighted by Crippen LogP contribution is 2.14. The number of rotatable bonds is 4. The maximum atomic E-state index is 11.8. The smallest absolute Gasteiger partial charge is 0.338 e. The molecule has 0 aliphatic carbocycles. The first-order chi connectivity index (χ1) is 9.31. The fraction of sp³-hybridized carbons (Fsp3) is 0.125. The van der Waals surface area contributed by atoms with Gasteiger partial charge in [-0.25, -0.2) is 4.79 Å². The number of esters is 1. The molecule has 2 rings (SSSR count). The van der Waals surface area contributed by atoms with Crippen molar-refractivity contribution in [2.24, 2.45) is 0 Å². The van der Waals surface area contributed by atoms with Crippen LogP contribution < -0.4 is 0 Å². The Hall–Kier alpha value is -2.42. The van der Waals surface area contributed by atoms with Crippen LogP contribution in [0.4, 0.5) is 0 Å². The Balaban J connectivity index is 2.25. The summed E-state index contributed by atoms with van der Waals surface area (Å²) in [6.07, 6.45) is 7.31. The summed E-state index contributed by atoms with van der Waals surface area (Å²) in [5, 5.41) is 0. The molecule has 3 nitrogen and oxygen atoms in total. The second-order valence-electron chi connectivity index (χ2n) is 3.92. The predicted molar refractivity (Wildman–Crippen MR) is 75.6 cm³/mol. The maximum Gasteiger partial charge on any atom is 0.338 e. The number of nitrogens with zero attached hydrogens (tertiary/aromatic N) is 1. The first-order valence-corrected chi connectivity index (χ1v) is 6.15. The molecule has 0 atom stereocenters. The fourth-order valence-electron chi connectivity index (χ4n) is 1.70. The lowest BCUT2D eigenvalue weighted by Crippen LogP contribution is -2.06. The normalized spacial score (nSPS) is 10.6. The zero-order chi connectivity index (χ0) is 13.5. The molecule has 1 aromatic heterocycles. The molecular formula is C16H15NO2. The van der Waals surface area contributed by atoms with Gasteiger partial charge < -0.3 is 4.74 Å². The van der Waals surface area contributed by atoms with E-state index in [2.05, 4.69) is 4.98 Å². The molecule has 19 heavy (non-hydrogen) atoms. The van der Waals surface area contributed by atoms with Crippen molar-refractivity contribution < 1.29 is 9.53 Å². The minimum Gasteiger partial charge on any atom is -0.462 e. The van der Waals surface area contributed by atoms with E-state index in [0.29, 0.717) is 12.2 Å². The largest absolute Gasteiger partial charge is 0.462 e. The molecule has 0 bridgehead atoms. The van der Waals surface area contributed by atoms with Crippen molar-refractivity contribution in [3.8, 4) is 0 Å². The highest BCUT2D eigenvalue weighted by Gasteiger charge is 2.09. The molecule has 0 saturated heterocycles. The van der Waals surface area contributed by atoms with Gasteiger partial charge in [-0.3, -0.25) is 4.98 Å². The van der Waals surface area contributed by atoms with Gasteiger partial charge in [0.2, 0.25) is 0 Å². The molecule has 2 aromatic rings. The summed E-state index contributed by atoms with van der Waals surface area (Å²) in [5.41, 5.74) is 2.46. The van der Waals surface area contributed by atoms with Gasteiger partial charge in [-0.05, 0) is 36.2 Å². The Kier molecular flexibility index (Phi) is 4.45. The number of carbonyl (C=O) groups is 1. The monoisotopic (exact) mass is 253 g/mol. The first kappa shape index (κ1) is 13.0. The number of benzene rings is 1. The Morgan fingerprint density at radius 2 is 1.89 bits per heavy atom. The van der Waals surface area contributed by atoms with Gasteiger partial charge in [-0.2, -0.15) is 0 Å². The van der Waals surface area contributed by atoms with Crippen LogP contribution >= 0.6 is 0 Å². The molecule has 0 spiro atoms. The average molecular weight is 253 g/mol. The zero-order valence-electron chi connectivity index (χ0n) is 10.7. The number of carbonyl (C=O) groups excluding carboxylic acids is 1. The van der Waals surface area contributed by atoms with Crippen molar-refractivity contribution in [1.82, 2.24) is 4.98 Å². The Bertz CT molecular complexity index is 576. The zero-order valence-corrected chi connectivity index (χ0v) is 10.7. The van der Waals surface area contributed by atoms with Crippen LogP contribution in [0.3, 0.4) is 0 Å². The minimum atomic E-state index is -0.294. The lowest BCUT2D eigenvalue weighted by Gasteiger charge is -2.05. The van der Waals surface area contributed by atoms with Gasteiger partial charge in [0, 0.05) is 12.4 Å². The summed E-state index contributed by atoms with van der Waals surface area (Å²) >= 11 is 0. The van der Waals surface area contributed by atoms with Gasteiger partial charge in [0.05, 0.1) is 12.2 Å². The van der Waals surface area contributed by atoms with Crippen LogP contribution in [-0.4, -0.2) is 17.6 Å². The third kappa shape index (κ3) is 3.52. The van der Waals surface area contributed by atoms with Crippen molar-refractivity contribution in [3.05, 3.63) is 65.5 Å². The summed E-state index contributed by atoms with van der Waals surface area (Å²) < 4.78 is 5.04. The van der Waals surface area contributed by atoms with Gasteiger partial charge in [-0.1, -0.05) is 30.4 Å². The van der Waals surface area contributed by atoms with Gasteiger partial charge >= 0.3 is 5.97 Å². The van der Waals surface area contributed by atoms with E-state index in [0.717, 1.165) is 11.1 Å². The molecule has 0 radical (unpaired) electrons. The van der Waals surface area contributed by atoms with Gasteiger partial charge in [-0.15, -0.1) is 0 Å². The third-order valence-electron chi connectivity index (χ3n) is 2.62. The van der Waals surface area contributed by atoms with Crippen LogP contribution in [-0.2, 0) is 4.74 Å². The molecule has 96 valence electrons. The van der Waals surface area contributed by atoms with E-state index in [4.69, 9.17) is 4.74 Å². The van der Waals surface area contributed by atoms with E-state index >= 15 is 0 Å². The van der Waals surface area contributed by atoms with E-state index in [1.54, 1.807) is 25.4 Å². The summed E-state index contributed by atoms with van der Waals surface area (Å²) in [7, 11) is 0. The van der Waals surface area contributed by atoms with E-state index in [1.165, 1.54) is 0 Å². The highest BCUT2D eigenvalue weighted by molar-refractivity contribution is 5.94. The van der Waals surface area contributed by atoms with Crippen LogP contribution in [0.2, 0.25) is 0 Å². The summed E-state index contributed by atoms with van der Waals surface area (Å²) in [6.45, 7) is 2.18. The summed E-state index contributed by atoms with van der Waals surface area (Å²) in [4.78, 5) is 15.8. The molecule has 0 unspecified atom stereocenters.